The van der Waals surface area contributed by atoms with Crippen molar-refractivity contribution < 1.29 is 37.0 Å². The van der Waals surface area contributed by atoms with Gasteiger partial charge >= 0.3 is 18.4 Å². The lowest BCUT2D eigenvalue weighted by molar-refractivity contribution is -0.137. The SMILES string of the molecule is CN(C(=O)OC(C)(C)C)c1nc(CCOC(=O)Nc2ccc(NC(=O)c3ccccc3-c3ccc(C(F)(F)F)cc3)cc2)cs1. The number of aromatic nitrogens is 1. The van der Waals surface area contributed by atoms with E-state index in [9.17, 15) is 27.6 Å². The molecular weight excluding hydrogens is 609 g/mol. The highest BCUT2D eigenvalue weighted by molar-refractivity contribution is 7.14. The average molecular weight is 641 g/mol. The van der Waals surface area contributed by atoms with Gasteiger partial charge in [-0.15, -0.1) is 11.3 Å². The maximum Gasteiger partial charge on any atom is 0.416 e. The summed E-state index contributed by atoms with van der Waals surface area (Å²) in [5.74, 6) is -0.451. The van der Waals surface area contributed by atoms with E-state index in [1.807, 2.05) is 0 Å². The number of rotatable bonds is 8. The molecule has 0 unspecified atom stereocenters. The number of nitrogens with zero attached hydrogens (tertiary/aromatic N) is 2. The van der Waals surface area contributed by atoms with Crippen LogP contribution >= 0.6 is 11.3 Å². The van der Waals surface area contributed by atoms with E-state index >= 15 is 0 Å². The van der Waals surface area contributed by atoms with Crippen LogP contribution in [0.2, 0.25) is 0 Å². The van der Waals surface area contributed by atoms with Crippen LogP contribution in [0.4, 0.5) is 39.3 Å². The van der Waals surface area contributed by atoms with Crippen LogP contribution in [0.3, 0.4) is 0 Å². The molecular formula is C32H31F3N4O5S. The molecule has 13 heteroatoms. The zero-order valence-electron chi connectivity index (χ0n) is 24.9. The number of nitrogens with one attached hydrogen (secondary N) is 2. The van der Waals surface area contributed by atoms with E-state index in [-0.39, 0.29) is 12.2 Å². The van der Waals surface area contributed by atoms with Crippen molar-refractivity contribution in [1.82, 2.24) is 4.98 Å². The molecule has 9 nitrogen and oxygen atoms in total. The van der Waals surface area contributed by atoms with Gasteiger partial charge in [0.05, 0.1) is 17.9 Å². The van der Waals surface area contributed by atoms with E-state index in [1.165, 1.54) is 28.4 Å². The van der Waals surface area contributed by atoms with Crippen molar-refractivity contribution in [3.05, 3.63) is 95.0 Å². The van der Waals surface area contributed by atoms with E-state index in [4.69, 9.17) is 9.47 Å². The number of ether oxygens (including phenoxy) is 2. The fourth-order valence-electron chi connectivity index (χ4n) is 3.98. The first kappa shape index (κ1) is 33.0. The van der Waals surface area contributed by atoms with Crippen molar-refractivity contribution in [2.45, 2.75) is 39.0 Å². The molecule has 45 heavy (non-hydrogen) atoms. The zero-order valence-corrected chi connectivity index (χ0v) is 25.7. The van der Waals surface area contributed by atoms with Gasteiger partial charge < -0.3 is 14.8 Å². The van der Waals surface area contributed by atoms with Crippen molar-refractivity contribution >= 4 is 45.9 Å². The second-order valence-electron chi connectivity index (χ2n) is 10.8. The Bertz CT molecular complexity index is 1650. The number of benzene rings is 3. The van der Waals surface area contributed by atoms with Crippen molar-refractivity contribution in [3.8, 4) is 11.1 Å². The topological polar surface area (TPSA) is 110 Å². The van der Waals surface area contributed by atoms with Gasteiger partial charge in [-0.2, -0.15) is 13.2 Å². The Hall–Kier alpha value is -4.91. The standard InChI is InChI=1S/C32H31F3N4O5S/c1-31(2,3)44-30(42)39(4)28-37-24(19-45-28)17-18-43-29(41)38-23-15-13-22(14-16-23)36-27(40)26-8-6-5-7-25(26)20-9-11-21(12-10-20)32(33,34)35/h5-16,19H,17-18H2,1-4H3,(H,36,40)(H,38,41). The fraction of sp³-hybridized carbons (Fsp3) is 0.250. The summed E-state index contributed by atoms with van der Waals surface area (Å²) in [6.07, 6.45) is -5.32. The Morgan fingerprint density at radius 3 is 2.13 bits per heavy atom. The van der Waals surface area contributed by atoms with E-state index < -0.39 is 35.4 Å². The summed E-state index contributed by atoms with van der Waals surface area (Å²) in [6.45, 7) is 5.38. The summed E-state index contributed by atoms with van der Waals surface area (Å²) in [5.41, 5.74) is 1.35. The summed E-state index contributed by atoms with van der Waals surface area (Å²) in [4.78, 5) is 43.3. The van der Waals surface area contributed by atoms with Gasteiger partial charge in [-0.3, -0.25) is 15.0 Å². The smallest absolute Gasteiger partial charge is 0.416 e. The Labute approximate surface area is 262 Å². The van der Waals surface area contributed by atoms with Gasteiger partial charge in [-0.25, -0.2) is 14.6 Å². The molecule has 3 aromatic carbocycles. The third-order valence-electron chi connectivity index (χ3n) is 6.17. The summed E-state index contributed by atoms with van der Waals surface area (Å²) in [7, 11) is 1.57. The number of carbonyl (C=O) groups is 3. The van der Waals surface area contributed by atoms with E-state index in [2.05, 4.69) is 15.6 Å². The van der Waals surface area contributed by atoms with Crippen LogP contribution in [0.5, 0.6) is 0 Å². The first-order valence-electron chi connectivity index (χ1n) is 13.7. The zero-order chi connectivity index (χ0) is 32.8. The molecule has 0 spiro atoms. The van der Waals surface area contributed by atoms with Crippen LogP contribution in [0.1, 0.15) is 42.4 Å². The molecule has 236 valence electrons. The van der Waals surface area contributed by atoms with E-state index in [0.29, 0.717) is 39.7 Å². The molecule has 1 aromatic heterocycles. The van der Waals surface area contributed by atoms with Crippen molar-refractivity contribution in [1.29, 1.82) is 0 Å². The number of hydrogen-bond acceptors (Lipinski definition) is 7. The lowest BCUT2D eigenvalue weighted by Crippen LogP contribution is -2.34. The van der Waals surface area contributed by atoms with Crippen LogP contribution in [0.15, 0.2) is 78.2 Å². The highest BCUT2D eigenvalue weighted by Crippen LogP contribution is 2.32. The summed E-state index contributed by atoms with van der Waals surface area (Å²) in [6, 6.07) is 17.6. The van der Waals surface area contributed by atoms with Crippen LogP contribution < -0.4 is 15.5 Å². The molecule has 4 aromatic rings. The molecule has 4 rings (SSSR count). The number of thiazole rings is 1. The number of halogens is 3. The third-order valence-corrected chi connectivity index (χ3v) is 7.14. The first-order chi connectivity index (χ1) is 21.2. The highest BCUT2D eigenvalue weighted by atomic mass is 32.1. The summed E-state index contributed by atoms with van der Waals surface area (Å²) in [5, 5.41) is 7.60. The molecule has 0 aliphatic heterocycles. The van der Waals surface area contributed by atoms with E-state index in [1.54, 1.807) is 81.7 Å². The van der Waals surface area contributed by atoms with Gasteiger partial charge in [0.2, 0.25) is 0 Å². The average Bonchev–Trinajstić information content (AvgIpc) is 3.45. The predicted molar refractivity (Wildman–Crippen MR) is 167 cm³/mol. The number of alkyl halides is 3. The van der Waals surface area contributed by atoms with E-state index in [0.717, 1.165) is 12.1 Å². The molecule has 0 radical (unpaired) electrons. The molecule has 3 amide bonds. The lowest BCUT2D eigenvalue weighted by atomic mass is 9.98. The minimum Gasteiger partial charge on any atom is -0.449 e. The third kappa shape index (κ3) is 9.29. The molecule has 0 saturated carbocycles. The summed E-state index contributed by atoms with van der Waals surface area (Å²) >= 11 is 1.27. The molecule has 0 aliphatic carbocycles. The van der Waals surface area contributed by atoms with Crippen LogP contribution in [0.25, 0.3) is 11.1 Å². The normalized spacial score (nSPS) is 11.4. The molecule has 1 heterocycles. The van der Waals surface area contributed by atoms with Crippen molar-refractivity contribution in [2.75, 3.05) is 29.2 Å². The number of carbonyl (C=O) groups excluding carboxylic acids is 3. The molecule has 0 aliphatic rings. The minimum absolute atomic E-state index is 0.0532. The largest absolute Gasteiger partial charge is 0.449 e. The van der Waals surface area contributed by atoms with Crippen molar-refractivity contribution in [2.24, 2.45) is 0 Å². The minimum atomic E-state index is -4.46. The Kier molecular flexibility index (Phi) is 10.1. The quantitative estimate of drug-likeness (QED) is 0.201. The molecule has 0 atom stereocenters. The van der Waals surface area contributed by atoms with Gasteiger partial charge in [0, 0.05) is 35.8 Å². The van der Waals surface area contributed by atoms with Crippen LogP contribution in [0, 0.1) is 0 Å². The summed E-state index contributed by atoms with van der Waals surface area (Å²) < 4.78 is 49.5. The number of amides is 3. The molecule has 0 fully saturated rings. The second-order valence-corrected chi connectivity index (χ2v) is 11.7. The molecule has 0 saturated heterocycles. The van der Waals surface area contributed by atoms with Gasteiger partial charge in [0.1, 0.15) is 5.60 Å². The van der Waals surface area contributed by atoms with Gasteiger partial charge in [-0.1, -0.05) is 30.3 Å². The Balaban J connectivity index is 1.27. The molecule has 0 bridgehead atoms. The number of anilines is 3. The van der Waals surface area contributed by atoms with Crippen LogP contribution in [-0.2, 0) is 22.1 Å². The predicted octanol–water partition coefficient (Wildman–Crippen LogP) is 8.24. The maximum atomic E-state index is 13.0. The Morgan fingerprint density at radius 2 is 1.51 bits per heavy atom. The fourth-order valence-corrected chi connectivity index (χ4v) is 4.80. The Morgan fingerprint density at radius 1 is 0.889 bits per heavy atom. The monoisotopic (exact) mass is 640 g/mol. The van der Waals surface area contributed by atoms with Gasteiger partial charge in [0.15, 0.2) is 5.13 Å². The maximum absolute atomic E-state index is 13.0. The van der Waals surface area contributed by atoms with Gasteiger partial charge in [-0.05, 0) is 74.4 Å². The van der Waals surface area contributed by atoms with Gasteiger partial charge in [0.25, 0.3) is 5.91 Å². The first-order valence-corrected chi connectivity index (χ1v) is 14.6. The highest BCUT2D eigenvalue weighted by Gasteiger charge is 2.30. The van der Waals surface area contributed by atoms with Crippen molar-refractivity contribution in [3.63, 3.8) is 0 Å². The lowest BCUT2D eigenvalue weighted by Gasteiger charge is -2.23. The number of hydrogen-bond donors (Lipinski definition) is 2. The molecule has 2 N–H and O–H groups in total. The van der Waals surface area contributed by atoms with Crippen LogP contribution in [-0.4, -0.2) is 42.3 Å². The second kappa shape index (κ2) is 13.8.